The Hall–Kier alpha value is -1.49. The fraction of sp³-hybridized carbons (Fsp3) is 0.200. The van der Waals surface area contributed by atoms with E-state index in [0.717, 1.165) is 5.56 Å². The Kier molecular flexibility index (Phi) is 2.64. The molecule has 1 amide bonds. The zero-order valence-corrected chi connectivity index (χ0v) is 9.07. The van der Waals surface area contributed by atoms with Gasteiger partial charge in [0, 0.05) is 24.7 Å². The Morgan fingerprint density at radius 1 is 1.53 bits per heavy atom. The normalized spacial score (nSPS) is 20.2. The summed E-state index contributed by atoms with van der Waals surface area (Å²) < 4.78 is 0. The van der Waals surface area contributed by atoms with E-state index in [-0.39, 0.29) is 11.3 Å². The van der Waals surface area contributed by atoms with Crippen LogP contribution in [0, 0.1) is 0 Å². The number of hydrogen-bond acceptors (Lipinski definition) is 4. The third-order valence-corrected chi connectivity index (χ3v) is 3.28. The maximum atomic E-state index is 11.4. The summed E-state index contributed by atoms with van der Waals surface area (Å²) in [6, 6.07) is 3.78. The molecule has 1 unspecified atom stereocenters. The number of nitrogens with zero attached hydrogens (tertiary/aromatic N) is 2. The van der Waals surface area contributed by atoms with Crippen molar-refractivity contribution in [2.24, 2.45) is 5.73 Å². The molecule has 2 heterocycles. The molecule has 0 saturated heterocycles. The largest absolute Gasteiger partial charge is 0.385 e. The number of rotatable bonds is 1. The highest BCUT2D eigenvalue weighted by Gasteiger charge is 2.29. The molecule has 0 aromatic carbocycles. The lowest BCUT2D eigenvalue weighted by Gasteiger charge is -2.23. The summed E-state index contributed by atoms with van der Waals surface area (Å²) in [5, 5.41) is 1.75. The second-order valence-corrected chi connectivity index (χ2v) is 4.16. The Balaban J connectivity index is 2.29. The van der Waals surface area contributed by atoms with Crippen molar-refractivity contribution in [3.8, 4) is 0 Å². The highest BCUT2D eigenvalue weighted by atomic mass is 32.2. The number of hydrogen-bond donors (Lipinski definition) is 1. The molecule has 2 N–H and O–H groups in total. The first-order chi connectivity index (χ1) is 7.20. The Morgan fingerprint density at radius 2 is 2.20 bits per heavy atom. The molecular formula is C10H11N3OS. The van der Waals surface area contributed by atoms with Gasteiger partial charge >= 0.3 is 0 Å². The lowest BCUT2D eigenvalue weighted by atomic mass is 10.2. The highest BCUT2D eigenvalue weighted by molar-refractivity contribution is 8.02. The third-order valence-electron chi connectivity index (χ3n) is 2.16. The van der Waals surface area contributed by atoms with Gasteiger partial charge < -0.3 is 5.73 Å². The first-order valence-electron chi connectivity index (χ1n) is 4.51. The number of thioether (sulfide) groups is 1. The van der Waals surface area contributed by atoms with Gasteiger partial charge in [0.1, 0.15) is 11.2 Å². The molecule has 0 bridgehead atoms. The lowest BCUT2D eigenvalue weighted by Crippen LogP contribution is -2.31. The molecule has 78 valence electrons. The van der Waals surface area contributed by atoms with Crippen molar-refractivity contribution in [3.63, 3.8) is 0 Å². The van der Waals surface area contributed by atoms with E-state index < -0.39 is 0 Å². The van der Waals surface area contributed by atoms with E-state index in [0.29, 0.717) is 5.82 Å². The summed E-state index contributed by atoms with van der Waals surface area (Å²) in [5.41, 5.74) is 6.77. The quantitative estimate of drug-likeness (QED) is 0.779. The van der Waals surface area contributed by atoms with Crippen LogP contribution in [0.4, 0.5) is 0 Å². The predicted octanol–water partition coefficient (Wildman–Crippen LogP) is 1.43. The van der Waals surface area contributed by atoms with Crippen LogP contribution in [0.15, 0.2) is 35.8 Å². The van der Waals surface area contributed by atoms with Gasteiger partial charge in [-0.1, -0.05) is 11.8 Å². The molecule has 0 spiro atoms. The van der Waals surface area contributed by atoms with Crippen molar-refractivity contribution in [2.75, 3.05) is 0 Å². The number of aromatic nitrogens is 1. The molecular weight excluding hydrogens is 210 g/mol. The van der Waals surface area contributed by atoms with E-state index in [9.17, 15) is 4.79 Å². The van der Waals surface area contributed by atoms with Crippen LogP contribution in [-0.4, -0.2) is 15.8 Å². The first-order valence-corrected chi connectivity index (χ1v) is 5.45. The van der Waals surface area contributed by atoms with Crippen LogP contribution < -0.4 is 5.73 Å². The van der Waals surface area contributed by atoms with Crippen LogP contribution in [0.25, 0.3) is 0 Å². The minimum atomic E-state index is -0.0505. The van der Waals surface area contributed by atoms with Gasteiger partial charge in [0.25, 0.3) is 0 Å². The van der Waals surface area contributed by atoms with E-state index in [4.69, 9.17) is 5.73 Å². The molecule has 1 aliphatic heterocycles. The zero-order valence-electron chi connectivity index (χ0n) is 8.25. The molecule has 0 aliphatic carbocycles. The molecule has 0 saturated carbocycles. The molecule has 0 radical (unpaired) electrons. The molecule has 1 aliphatic rings. The van der Waals surface area contributed by atoms with Crippen LogP contribution in [0.3, 0.4) is 0 Å². The standard InChI is InChI=1S/C10H11N3OS/c1-7(14)13-9(11)6-15-10(13)8-2-4-12-5-3-8/h2-6,10H,11H2,1H3. The van der Waals surface area contributed by atoms with Crippen LogP contribution >= 0.6 is 11.8 Å². The molecule has 5 heteroatoms. The maximum absolute atomic E-state index is 11.4. The molecule has 1 aromatic heterocycles. The monoisotopic (exact) mass is 221 g/mol. The number of pyridine rings is 1. The SMILES string of the molecule is CC(=O)N1C(N)=CSC1c1ccncc1. The zero-order chi connectivity index (χ0) is 10.8. The van der Waals surface area contributed by atoms with Gasteiger partial charge in [0.2, 0.25) is 5.91 Å². The first kappa shape index (κ1) is 10.0. The number of carbonyl (C=O) groups is 1. The van der Waals surface area contributed by atoms with E-state index in [1.807, 2.05) is 12.1 Å². The molecule has 15 heavy (non-hydrogen) atoms. The predicted molar refractivity (Wildman–Crippen MR) is 59.4 cm³/mol. The van der Waals surface area contributed by atoms with Crippen LogP contribution in [0.2, 0.25) is 0 Å². The second kappa shape index (κ2) is 3.94. The molecule has 2 rings (SSSR count). The van der Waals surface area contributed by atoms with Gasteiger partial charge in [-0.05, 0) is 17.7 Å². The van der Waals surface area contributed by atoms with Gasteiger partial charge in [0.15, 0.2) is 0 Å². The number of amides is 1. The van der Waals surface area contributed by atoms with E-state index in [1.165, 1.54) is 18.7 Å². The summed E-state index contributed by atoms with van der Waals surface area (Å²) in [4.78, 5) is 16.9. The molecule has 0 fully saturated rings. The highest BCUT2D eigenvalue weighted by Crippen LogP contribution is 2.40. The average molecular weight is 221 g/mol. The van der Waals surface area contributed by atoms with Gasteiger partial charge in [-0.2, -0.15) is 0 Å². The van der Waals surface area contributed by atoms with Crippen molar-refractivity contribution in [1.82, 2.24) is 9.88 Å². The van der Waals surface area contributed by atoms with Crippen LogP contribution in [-0.2, 0) is 4.79 Å². The Labute approximate surface area is 92.2 Å². The van der Waals surface area contributed by atoms with Crippen molar-refractivity contribution >= 4 is 17.7 Å². The van der Waals surface area contributed by atoms with E-state index in [1.54, 1.807) is 22.7 Å². The van der Waals surface area contributed by atoms with Gasteiger partial charge in [-0.3, -0.25) is 14.7 Å². The second-order valence-electron chi connectivity index (χ2n) is 3.20. The summed E-state index contributed by atoms with van der Waals surface area (Å²) in [5.74, 6) is 0.463. The van der Waals surface area contributed by atoms with Gasteiger partial charge in [0.05, 0.1) is 0 Å². The summed E-state index contributed by atoms with van der Waals surface area (Å²) in [6.45, 7) is 1.51. The van der Waals surface area contributed by atoms with Gasteiger partial charge in [-0.15, -0.1) is 0 Å². The van der Waals surface area contributed by atoms with Crippen LogP contribution in [0.5, 0.6) is 0 Å². The number of carbonyl (C=O) groups excluding carboxylic acids is 1. The fourth-order valence-electron chi connectivity index (χ4n) is 1.49. The summed E-state index contributed by atoms with van der Waals surface area (Å²) >= 11 is 1.53. The fourth-order valence-corrected chi connectivity index (χ4v) is 2.58. The Bertz CT molecular complexity index is 404. The van der Waals surface area contributed by atoms with Crippen molar-refractivity contribution in [1.29, 1.82) is 0 Å². The van der Waals surface area contributed by atoms with Crippen LogP contribution in [0.1, 0.15) is 17.9 Å². The minimum absolute atomic E-state index is 0.0458. The molecule has 1 atom stereocenters. The summed E-state index contributed by atoms with van der Waals surface area (Å²) in [7, 11) is 0. The van der Waals surface area contributed by atoms with Gasteiger partial charge in [-0.25, -0.2) is 0 Å². The minimum Gasteiger partial charge on any atom is -0.385 e. The maximum Gasteiger partial charge on any atom is 0.226 e. The van der Waals surface area contributed by atoms with Crippen molar-refractivity contribution in [3.05, 3.63) is 41.3 Å². The van der Waals surface area contributed by atoms with Crippen molar-refractivity contribution < 1.29 is 4.79 Å². The topological polar surface area (TPSA) is 59.2 Å². The smallest absolute Gasteiger partial charge is 0.226 e. The average Bonchev–Trinajstić information content (AvgIpc) is 2.61. The van der Waals surface area contributed by atoms with E-state index >= 15 is 0 Å². The number of nitrogens with two attached hydrogens (primary N) is 1. The Morgan fingerprint density at radius 3 is 2.80 bits per heavy atom. The lowest BCUT2D eigenvalue weighted by molar-refractivity contribution is -0.127. The molecule has 4 nitrogen and oxygen atoms in total. The van der Waals surface area contributed by atoms with Crippen molar-refractivity contribution in [2.45, 2.75) is 12.3 Å². The molecule has 1 aromatic rings. The third kappa shape index (κ3) is 1.83. The summed E-state index contributed by atoms with van der Waals surface area (Å²) in [6.07, 6.45) is 3.42. The van der Waals surface area contributed by atoms with E-state index in [2.05, 4.69) is 4.98 Å².